The van der Waals surface area contributed by atoms with E-state index in [-0.39, 0.29) is 0 Å². The maximum Gasteiger partial charge on any atom is 0.0541 e. The quantitative estimate of drug-likeness (QED) is 0.731. The van der Waals surface area contributed by atoms with Gasteiger partial charge in [-0.2, -0.15) is 0 Å². The van der Waals surface area contributed by atoms with Crippen LogP contribution in [0.3, 0.4) is 0 Å². The Labute approximate surface area is 123 Å². The summed E-state index contributed by atoms with van der Waals surface area (Å²) in [5.41, 5.74) is 1.12. The third-order valence-electron chi connectivity index (χ3n) is 4.21. The van der Waals surface area contributed by atoms with Gasteiger partial charge in [-0.25, -0.2) is 0 Å². The van der Waals surface area contributed by atoms with Gasteiger partial charge in [0, 0.05) is 38.4 Å². The van der Waals surface area contributed by atoms with Crippen molar-refractivity contribution in [2.45, 2.75) is 32.9 Å². The molecule has 112 valence electrons. The zero-order chi connectivity index (χ0) is 14.2. The fraction of sp³-hybridized carbons (Fsp3) is 0.688. The molecule has 1 saturated heterocycles. The minimum atomic E-state index is 0.765. The molecule has 1 aromatic rings. The van der Waals surface area contributed by atoms with Crippen LogP contribution in [0, 0.1) is 0 Å². The monoisotopic (exact) mass is 276 g/mol. The van der Waals surface area contributed by atoms with Crippen molar-refractivity contribution >= 4 is 0 Å². The second kappa shape index (κ2) is 8.35. The fourth-order valence-corrected chi connectivity index (χ4v) is 3.01. The molecule has 1 aromatic heterocycles. The first-order valence-electron chi connectivity index (χ1n) is 7.90. The summed E-state index contributed by atoms with van der Waals surface area (Å²) in [5.74, 6) is 0. The van der Waals surface area contributed by atoms with Crippen molar-refractivity contribution in [3.8, 4) is 0 Å². The highest BCUT2D eigenvalue weighted by molar-refractivity contribution is 5.02. The molecular formula is C16H28N4. The van der Waals surface area contributed by atoms with E-state index in [9.17, 15) is 0 Å². The molecule has 4 heteroatoms. The van der Waals surface area contributed by atoms with Gasteiger partial charge in [-0.3, -0.25) is 9.88 Å². The number of hydrogen-bond donors (Lipinski definition) is 1. The van der Waals surface area contributed by atoms with Crippen molar-refractivity contribution in [1.29, 1.82) is 0 Å². The highest BCUT2D eigenvalue weighted by atomic mass is 15.3. The maximum atomic E-state index is 4.32. The highest BCUT2D eigenvalue weighted by Gasteiger charge is 2.25. The topological polar surface area (TPSA) is 31.4 Å². The van der Waals surface area contributed by atoms with Gasteiger partial charge >= 0.3 is 0 Å². The van der Waals surface area contributed by atoms with E-state index >= 15 is 0 Å². The number of rotatable bonds is 8. The summed E-state index contributed by atoms with van der Waals surface area (Å²) in [6.07, 6.45) is 3.17. The van der Waals surface area contributed by atoms with Crippen LogP contribution < -0.4 is 5.32 Å². The molecule has 4 nitrogen and oxygen atoms in total. The standard InChI is InChI=1S/C16H28N4/c1-3-20(4-2)16-8-11-19(14-16)12-10-17-13-15-7-5-6-9-18-15/h5-7,9,16-17H,3-4,8,10-14H2,1-2H3. The van der Waals surface area contributed by atoms with Crippen molar-refractivity contribution < 1.29 is 0 Å². The number of likely N-dealkylation sites (N-methyl/N-ethyl adjacent to an activating group) is 1. The molecule has 1 N–H and O–H groups in total. The van der Waals surface area contributed by atoms with Crippen LogP contribution >= 0.6 is 0 Å². The maximum absolute atomic E-state index is 4.32. The Bertz CT molecular complexity index is 364. The highest BCUT2D eigenvalue weighted by Crippen LogP contribution is 2.14. The summed E-state index contributed by atoms with van der Waals surface area (Å²) >= 11 is 0. The third kappa shape index (κ3) is 4.54. The number of hydrogen-bond acceptors (Lipinski definition) is 4. The van der Waals surface area contributed by atoms with Crippen LogP contribution in [-0.2, 0) is 6.54 Å². The average Bonchev–Trinajstić information content (AvgIpc) is 2.95. The second-order valence-electron chi connectivity index (χ2n) is 5.46. The minimum absolute atomic E-state index is 0.765. The molecule has 0 spiro atoms. The first-order chi connectivity index (χ1) is 9.83. The minimum Gasteiger partial charge on any atom is -0.310 e. The molecule has 2 rings (SSSR count). The van der Waals surface area contributed by atoms with Gasteiger partial charge < -0.3 is 10.2 Å². The molecule has 0 amide bonds. The Hall–Kier alpha value is -0.970. The zero-order valence-corrected chi connectivity index (χ0v) is 12.9. The third-order valence-corrected chi connectivity index (χ3v) is 4.21. The SMILES string of the molecule is CCN(CC)C1CCN(CCNCc2ccccn2)C1. The zero-order valence-electron chi connectivity index (χ0n) is 12.9. The van der Waals surface area contributed by atoms with Gasteiger partial charge in [0.1, 0.15) is 0 Å². The van der Waals surface area contributed by atoms with E-state index in [1.165, 1.54) is 32.6 Å². The summed E-state index contributed by atoms with van der Waals surface area (Å²) in [7, 11) is 0. The van der Waals surface area contributed by atoms with Gasteiger partial charge in [0.25, 0.3) is 0 Å². The van der Waals surface area contributed by atoms with Gasteiger partial charge in [-0.1, -0.05) is 19.9 Å². The molecule has 0 saturated carbocycles. The molecule has 1 fully saturated rings. The van der Waals surface area contributed by atoms with E-state index in [1.807, 2.05) is 18.3 Å². The second-order valence-corrected chi connectivity index (χ2v) is 5.46. The van der Waals surface area contributed by atoms with Crippen molar-refractivity contribution in [2.75, 3.05) is 39.3 Å². The van der Waals surface area contributed by atoms with E-state index in [0.717, 1.165) is 31.4 Å². The predicted molar refractivity (Wildman–Crippen MR) is 83.7 cm³/mol. The molecular weight excluding hydrogens is 248 g/mol. The number of pyridine rings is 1. The van der Waals surface area contributed by atoms with Gasteiger partial charge in [0.05, 0.1) is 5.69 Å². The van der Waals surface area contributed by atoms with E-state index in [4.69, 9.17) is 0 Å². The van der Waals surface area contributed by atoms with Crippen LogP contribution in [0.2, 0.25) is 0 Å². The first kappa shape index (κ1) is 15.4. The molecule has 1 aliphatic rings. The molecule has 0 radical (unpaired) electrons. The summed E-state index contributed by atoms with van der Waals surface area (Å²) < 4.78 is 0. The largest absolute Gasteiger partial charge is 0.310 e. The van der Waals surface area contributed by atoms with E-state index in [2.05, 4.69) is 40.0 Å². The molecule has 1 unspecified atom stereocenters. The predicted octanol–water partition coefficient (Wildman–Crippen LogP) is 1.59. The van der Waals surface area contributed by atoms with Crippen molar-refractivity contribution in [2.24, 2.45) is 0 Å². The van der Waals surface area contributed by atoms with E-state index in [0.29, 0.717) is 0 Å². The molecule has 2 heterocycles. The summed E-state index contributed by atoms with van der Waals surface area (Å²) in [5, 5.41) is 3.48. The van der Waals surface area contributed by atoms with Crippen LogP contribution in [-0.4, -0.2) is 60.1 Å². The first-order valence-corrected chi connectivity index (χ1v) is 7.90. The van der Waals surface area contributed by atoms with Gasteiger partial charge in [-0.05, 0) is 38.2 Å². The lowest BCUT2D eigenvalue weighted by molar-refractivity contribution is 0.211. The Morgan fingerprint density at radius 3 is 2.90 bits per heavy atom. The Morgan fingerprint density at radius 1 is 1.35 bits per heavy atom. The summed E-state index contributed by atoms with van der Waals surface area (Å²) in [6, 6.07) is 6.83. The number of aromatic nitrogens is 1. The number of likely N-dealkylation sites (tertiary alicyclic amines) is 1. The lowest BCUT2D eigenvalue weighted by Gasteiger charge is -2.26. The lowest BCUT2D eigenvalue weighted by Crippen LogP contribution is -2.38. The molecule has 1 aliphatic heterocycles. The lowest BCUT2D eigenvalue weighted by atomic mass is 10.2. The van der Waals surface area contributed by atoms with E-state index in [1.54, 1.807) is 0 Å². The van der Waals surface area contributed by atoms with Crippen LogP contribution in [0.25, 0.3) is 0 Å². The van der Waals surface area contributed by atoms with Crippen LogP contribution in [0.4, 0.5) is 0 Å². The number of nitrogens with one attached hydrogen (secondary N) is 1. The van der Waals surface area contributed by atoms with E-state index < -0.39 is 0 Å². The fourth-order valence-electron chi connectivity index (χ4n) is 3.01. The van der Waals surface area contributed by atoms with Gasteiger partial charge in [0.2, 0.25) is 0 Å². The Morgan fingerprint density at radius 2 is 2.20 bits per heavy atom. The van der Waals surface area contributed by atoms with Gasteiger partial charge in [0.15, 0.2) is 0 Å². The Kier molecular flexibility index (Phi) is 6.43. The van der Waals surface area contributed by atoms with Crippen LogP contribution in [0.1, 0.15) is 26.0 Å². The molecule has 0 aliphatic carbocycles. The molecule has 0 bridgehead atoms. The van der Waals surface area contributed by atoms with Crippen molar-refractivity contribution in [1.82, 2.24) is 20.1 Å². The smallest absolute Gasteiger partial charge is 0.0541 e. The Balaban J connectivity index is 1.61. The molecule has 20 heavy (non-hydrogen) atoms. The number of nitrogens with zero attached hydrogens (tertiary/aromatic N) is 3. The van der Waals surface area contributed by atoms with Crippen molar-refractivity contribution in [3.05, 3.63) is 30.1 Å². The van der Waals surface area contributed by atoms with Crippen LogP contribution in [0.5, 0.6) is 0 Å². The summed E-state index contributed by atoms with van der Waals surface area (Å²) in [6.45, 7) is 12.4. The van der Waals surface area contributed by atoms with Crippen LogP contribution in [0.15, 0.2) is 24.4 Å². The normalized spacial score (nSPS) is 19.9. The van der Waals surface area contributed by atoms with Crippen molar-refractivity contribution in [3.63, 3.8) is 0 Å². The molecule has 0 aromatic carbocycles. The molecule has 1 atom stereocenters. The van der Waals surface area contributed by atoms with Gasteiger partial charge in [-0.15, -0.1) is 0 Å². The summed E-state index contributed by atoms with van der Waals surface area (Å²) in [4.78, 5) is 9.49. The average molecular weight is 276 g/mol.